The molecule has 6 nitrogen and oxygen atoms in total. The summed E-state index contributed by atoms with van der Waals surface area (Å²) in [5, 5.41) is 9.29. The smallest absolute Gasteiger partial charge is 0.205 e. The molecule has 0 spiro atoms. The van der Waals surface area contributed by atoms with Gasteiger partial charge in [0, 0.05) is 29.2 Å². The summed E-state index contributed by atoms with van der Waals surface area (Å²) in [4.78, 5) is 13.0. The molecule has 0 unspecified atom stereocenters. The monoisotopic (exact) mass is 418 g/mol. The third kappa shape index (κ3) is 3.76. The van der Waals surface area contributed by atoms with E-state index in [9.17, 15) is 4.79 Å². The van der Waals surface area contributed by atoms with Crippen molar-refractivity contribution in [3.05, 3.63) is 84.4 Å². The number of para-hydroxylation sites is 1. The average molecular weight is 419 g/mol. The van der Waals surface area contributed by atoms with E-state index in [0.29, 0.717) is 23.3 Å². The number of hydrogen-bond donors (Lipinski definition) is 0. The summed E-state index contributed by atoms with van der Waals surface area (Å²) >= 11 is 1.37. The summed E-state index contributed by atoms with van der Waals surface area (Å²) in [6.07, 6.45) is 3.44. The summed E-state index contributed by atoms with van der Waals surface area (Å²) in [5.74, 6) is 1.55. The van der Waals surface area contributed by atoms with Gasteiger partial charge in [0.25, 0.3) is 0 Å². The third-order valence-electron chi connectivity index (χ3n) is 4.91. The molecule has 1 aromatic carbocycles. The van der Waals surface area contributed by atoms with Gasteiger partial charge in [0.05, 0.1) is 12.0 Å². The van der Waals surface area contributed by atoms with Crippen molar-refractivity contribution in [3.63, 3.8) is 0 Å². The van der Waals surface area contributed by atoms with Crippen LogP contribution in [0.1, 0.15) is 21.7 Å². The number of carbonyl (C=O) groups is 1. The van der Waals surface area contributed by atoms with E-state index in [-0.39, 0.29) is 11.5 Å². The highest BCUT2D eigenvalue weighted by Gasteiger charge is 2.20. The summed E-state index contributed by atoms with van der Waals surface area (Å²) in [5.41, 5.74) is 3.65. The van der Waals surface area contributed by atoms with Gasteiger partial charge in [-0.25, -0.2) is 0 Å². The molecule has 0 bridgehead atoms. The van der Waals surface area contributed by atoms with Crippen LogP contribution in [0.3, 0.4) is 0 Å². The van der Waals surface area contributed by atoms with Crippen molar-refractivity contribution >= 4 is 17.5 Å². The van der Waals surface area contributed by atoms with Crippen molar-refractivity contribution in [1.29, 1.82) is 0 Å². The molecule has 0 aliphatic carbocycles. The van der Waals surface area contributed by atoms with Gasteiger partial charge >= 0.3 is 0 Å². The van der Waals surface area contributed by atoms with Crippen LogP contribution < -0.4 is 0 Å². The second kappa shape index (κ2) is 8.59. The molecule has 0 radical (unpaired) electrons. The highest BCUT2D eigenvalue weighted by Crippen LogP contribution is 2.29. The Morgan fingerprint density at radius 2 is 1.97 bits per heavy atom. The number of furan rings is 1. The lowest BCUT2D eigenvalue weighted by Crippen LogP contribution is -2.07. The molecule has 0 fully saturated rings. The standard InChI is InChI=1S/C23H22N4O2S/c1-4-12-26-16(2)14-19(17(26)3)20(28)15-30-23-25-24-22(21-11-8-13-29-21)27(23)18-9-6-5-7-10-18/h4-11,13-14H,1,12,15H2,2-3H3. The summed E-state index contributed by atoms with van der Waals surface area (Å²) in [6.45, 7) is 8.45. The maximum atomic E-state index is 13.0. The van der Waals surface area contributed by atoms with Crippen LogP contribution in [0.5, 0.6) is 0 Å². The first-order valence-corrected chi connectivity index (χ1v) is 10.6. The molecule has 4 aromatic rings. The average Bonchev–Trinajstić information content (AvgIpc) is 3.48. The number of aromatic nitrogens is 4. The molecular weight excluding hydrogens is 396 g/mol. The fourth-order valence-electron chi connectivity index (χ4n) is 3.44. The molecule has 7 heteroatoms. The quantitative estimate of drug-likeness (QED) is 0.226. The normalized spacial score (nSPS) is 11.0. The SMILES string of the molecule is C=CCn1c(C)cc(C(=O)CSc2nnc(-c3ccco3)n2-c2ccccc2)c1C. The Kier molecular flexibility index (Phi) is 5.72. The van der Waals surface area contributed by atoms with Gasteiger partial charge in [0.2, 0.25) is 5.82 Å². The van der Waals surface area contributed by atoms with Gasteiger partial charge in [-0.15, -0.1) is 16.8 Å². The van der Waals surface area contributed by atoms with Crippen molar-refractivity contribution in [3.8, 4) is 17.3 Å². The maximum absolute atomic E-state index is 13.0. The number of hydrogen-bond acceptors (Lipinski definition) is 5. The van der Waals surface area contributed by atoms with E-state index < -0.39 is 0 Å². The molecule has 0 aliphatic heterocycles. The van der Waals surface area contributed by atoms with E-state index in [1.165, 1.54) is 11.8 Å². The Morgan fingerprint density at radius 1 is 1.17 bits per heavy atom. The molecule has 0 saturated heterocycles. The zero-order valence-electron chi connectivity index (χ0n) is 16.9. The summed E-state index contributed by atoms with van der Waals surface area (Å²) < 4.78 is 9.54. The van der Waals surface area contributed by atoms with Gasteiger partial charge in [-0.1, -0.05) is 36.0 Å². The van der Waals surface area contributed by atoms with Crippen molar-refractivity contribution in [2.24, 2.45) is 0 Å². The number of nitrogens with zero attached hydrogens (tertiary/aromatic N) is 4. The van der Waals surface area contributed by atoms with Crippen LogP contribution in [0, 0.1) is 13.8 Å². The second-order valence-corrected chi connectivity index (χ2v) is 7.79. The minimum absolute atomic E-state index is 0.0607. The number of benzene rings is 1. The summed E-state index contributed by atoms with van der Waals surface area (Å²) in [6, 6.07) is 15.4. The van der Waals surface area contributed by atoms with E-state index in [0.717, 1.165) is 22.6 Å². The first kappa shape index (κ1) is 20.0. The predicted octanol–water partition coefficient (Wildman–Crippen LogP) is 5.11. The molecule has 3 heterocycles. The van der Waals surface area contributed by atoms with Crippen molar-refractivity contribution < 1.29 is 9.21 Å². The number of ketones is 1. The Morgan fingerprint density at radius 3 is 2.67 bits per heavy atom. The zero-order valence-corrected chi connectivity index (χ0v) is 17.7. The molecule has 0 amide bonds. The van der Waals surface area contributed by atoms with Crippen LogP contribution in [0.4, 0.5) is 0 Å². The van der Waals surface area contributed by atoms with E-state index in [1.54, 1.807) is 6.26 Å². The molecule has 0 N–H and O–H groups in total. The first-order valence-electron chi connectivity index (χ1n) is 9.58. The van der Waals surface area contributed by atoms with Crippen LogP contribution in [0.25, 0.3) is 17.3 Å². The molecule has 4 rings (SSSR count). The lowest BCUT2D eigenvalue weighted by atomic mass is 10.2. The highest BCUT2D eigenvalue weighted by atomic mass is 32.2. The Balaban J connectivity index is 1.62. The molecule has 3 aromatic heterocycles. The van der Waals surface area contributed by atoms with E-state index >= 15 is 0 Å². The molecule has 0 aliphatic rings. The van der Waals surface area contributed by atoms with Gasteiger partial charge in [-0.05, 0) is 44.2 Å². The van der Waals surface area contributed by atoms with Gasteiger partial charge in [-0.2, -0.15) is 0 Å². The maximum Gasteiger partial charge on any atom is 0.205 e. The largest absolute Gasteiger partial charge is 0.461 e. The van der Waals surface area contributed by atoms with Crippen molar-refractivity contribution in [2.45, 2.75) is 25.5 Å². The van der Waals surface area contributed by atoms with Crippen LogP contribution in [0.2, 0.25) is 0 Å². The molecule has 0 saturated carbocycles. The lowest BCUT2D eigenvalue weighted by molar-refractivity contribution is 0.102. The van der Waals surface area contributed by atoms with E-state index in [1.807, 2.05) is 73.0 Å². The van der Waals surface area contributed by atoms with Crippen LogP contribution >= 0.6 is 11.8 Å². The summed E-state index contributed by atoms with van der Waals surface area (Å²) in [7, 11) is 0. The Labute approximate surface area is 179 Å². The Hall–Kier alpha value is -3.32. The fourth-order valence-corrected chi connectivity index (χ4v) is 4.28. The molecular formula is C23H22N4O2S. The first-order chi connectivity index (χ1) is 14.6. The van der Waals surface area contributed by atoms with Crippen LogP contribution in [-0.4, -0.2) is 30.9 Å². The molecule has 0 atom stereocenters. The fraction of sp³-hybridized carbons (Fsp3) is 0.174. The van der Waals surface area contributed by atoms with E-state index in [2.05, 4.69) is 21.3 Å². The van der Waals surface area contributed by atoms with E-state index in [4.69, 9.17) is 4.42 Å². The van der Waals surface area contributed by atoms with Crippen LogP contribution in [-0.2, 0) is 6.54 Å². The minimum atomic E-state index is 0.0607. The number of rotatable bonds is 8. The Bertz CT molecular complexity index is 1170. The number of thioether (sulfide) groups is 1. The van der Waals surface area contributed by atoms with Gasteiger partial charge in [0.15, 0.2) is 16.7 Å². The number of Topliss-reactive ketones (excluding diaryl/α,β-unsaturated/α-hetero) is 1. The lowest BCUT2D eigenvalue weighted by Gasteiger charge is -2.09. The highest BCUT2D eigenvalue weighted by molar-refractivity contribution is 7.99. The number of allylic oxidation sites excluding steroid dienone is 1. The topological polar surface area (TPSA) is 65.8 Å². The number of carbonyl (C=O) groups excluding carboxylic acids is 1. The van der Waals surface area contributed by atoms with Gasteiger partial charge in [-0.3, -0.25) is 9.36 Å². The van der Waals surface area contributed by atoms with Crippen LogP contribution in [0.15, 0.2) is 77.0 Å². The number of aryl methyl sites for hydroxylation is 1. The third-order valence-corrected chi connectivity index (χ3v) is 5.84. The molecule has 152 valence electrons. The zero-order chi connectivity index (χ0) is 21.1. The van der Waals surface area contributed by atoms with Gasteiger partial charge < -0.3 is 8.98 Å². The van der Waals surface area contributed by atoms with Gasteiger partial charge in [0.1, 0.15) is 0 Å². The second-order valence-electron chi connectivity index (χ2n) is 6.85. The molecule has 30 heavy (non-hydrogen) atoms. The van der Waals surface area contributed by atoms with Crippen molar-refractivity contribution in [1.82, 2.24) is 19.3 Å². The minimum Gasteiger partial charge on any atom is -0.461 e. The predicted molar refractivity (Wildman–Crippen MR) is 118 cm³/mol. The van der Waals surface area contributed by atoms with Crippen molar-refractivity contribution in [2.75, 3.05) is 5.75 Å².